The molecular weight excluding hydrogens is 372 g/mol. The van der Waals surface area contributed by atoms with Crippen molar-refractivity contribution in [2.45, 2.75) is 13.3 Å². The lowest BCUT2D eigenvalue weighted by molar-refractivity contribution is -0.116. The van der Waals surface area contributed by atoms with Crippen molar-refractivity contribution in [2.75, 3.05) is 27.2 Å². The number of carbonyl (C=O) groups is 2. The number of phenols is 1. The molecule has 0 unspecified atom stereocenters. The van der Waals surface area contributed by atoms with Crippen molar-refractivity contribution in [3.8, 4) is 17.2 Å². The highest BCUT2D eigenvalue weighted by molar-refractivity contribution is 5.91. The molecule has 2 N–H and O–H groups in total. The first-order valence-corrected chi connectivity index (χ1v) is 9.27. The molecule has 0 bridgehead atoms. The summed E-state index contributed by atoms with van der Waals surface area (Å²) in [5.41, 5.74) is 1.68. The molecule has 0 aliphatic heterocycles. The maximum Gasteiger partial charge on any atom is 0.414 e. The topological polar surface area (TPSA) is 88.1 Å². The molecule has 2 amide bonds. The van der Waals surface area contributed by atoms with Crippen LogP contribution in [0.3, 0.4) is 0 Å². The van der Waals surface area contributed by atoms with Crippen molar-refractivity contribution in [1.29, 1.82) is 0 Å². The van der Waals surface area contributed by atoms with Crippen LogP contribution in [-0.2, 0) is 11.2 Å². The number of benzene rings is 2. The molecule has 0 heterocycles. The second kappa shape index (κ2) is 10.8. The fraction of sp³-hybridized carbons (Fsp3) is 0.273. The highest BCUT2D eigenvalue weighted by Gasteiger charge is 2.09. The zero-order valence-corrected chi connectivity index (χ0v) is 16.8. The van der Waals surface area contributed by atoms with E-state index in [1.807, 2.05) is 19.1 Å². The van der Waals surface area contributed by atoms with Crippen LogP contribution >= 0.6 is 0 Å². The molecule has 2 aromatic rings. The molecule has 2 aromatic carbocycles. The van der Waals surface area contributed by atoms with E-state index < -0.39 is 6.09 Å². The number of hydrogen-bond donors (Lipinski definition) is 2. The molecule has 2 rings (SSSR count). The van der Waals surface area contributed by atoms with Crippen LogP contribution in [0.15, 0.2) is 48.5 Å². The first-order valence-electron chi connectivity index (χ1n) is 9.27. The first-order chi connectivity index (χ1) is 13.9. The Labute approximate surface area is 170 Å². The first kappa shape index (κ1) is 21.8. The summed E-state index contributed by atoms with van der Waals surface area (Å²) in [4.78, 5) is 25.3. The summed E-state index contributed by atoms with van der Waals surface area (Å²) in [7, 11) is 3.14. The SMILES string of the molecule is CCN(C)C(=O)Oc1cccc(CCNC(=O)/C=C/c2ccc(O)c(OC)c2)c1. The minimum Gasteiger partial charge on any atom is -0.504 e. The Hall–Kier alpha value is -3.48. The lowest BCUT2D eigenvalue weighted by atomic mass is 10.1. The summed E-state index contributed by atoms with van der Waals surface area (Å²) in [6, 6.07) is 12.1. The summed E-state index contributed by atoms with van der Waals surface area (Å²) < 4.78 is 10.4. The molecule has 154 valence electrons. The summed E-state index contributed by atoms with van der Waals surface area (Å²) in [5, 5.41) is 12.4. The molecule has 0 aromatic heterocycles. The van der Waals surface area contributed by atoms with Gasteiger partial charge in [0.15, 0.2) is 11.5 Å². The van der Waals surface area contributed by atoms with Gasteiger partial charge in [-0.2, -0.15) is 0 Å². The molecule has 7 nitrogen and oxygen atoms in total. The monoisotopic (exact) mass is 398 g/mol. The summed E-state index contributed by atoms with van der Waals surface area (Å²) in [5.74, 6) is 0.631. The second-order valence-electron chi connectivity index (χ2n) is 6.34. The third kappa shape index (κ3) is 6.88. The molecule has 0 spiro atoms. The van der Waals surface area contributed by atoms with E-state index in [1.165, 1.54) is 24.2 Å². The number of methoxy groups -OCH3 is 1. The molecule has 0 atom stereocenters. The van der Waals surface area contributed by atoms with E-state index >= 15 is 0 Å². The van der Waals surface area contributed by atoms with E-state index in [0.717, 1.165) is 11.1 Å². The van der Waals surface area contributed by atoms with Crippen molar-refractivity contribution in [3.05, 3.63) is 59.7 Å². The van der Waals surface area contributed by atoms with Gasteiger partial charge in [0, 0.05) is 26.2 Å². The normalized spacial score (nSPS) is 10.6. The zero-order chi connectivity index (χ0) is 21.2. The summed E-state index contributed by atoms with van der Waals surface area (Å²) in [6.45, 7) is 2.87. The van der Waals surface area contributed by atoms with Crippen molar-refractivity contribution in [2.24, 2.45) is 0 Å². The molecule has 0 saturated heterocycles. The van der Waals surface area contributed by atoms with Crippen molar-refractivity contribution in [3.63, 3.8) is 0 Å². The number of phenolic OH excluding ortho intramolecular Hbond substituents is 1. The number of nitrogens with one attached hydrogen (secondary N) is 1. The van der Waals surface area contributed by atoms with Crippen LogP contribution in [-0.4, -0.2) is 49.3 Å². The lowest BCUT2D eigenvalue weighted by Gasteiger charge is -2.14. The van der Waals surface area contributed by atoms with E-state index in [4.69, 9.17) is 9.47 Å². The Balaban J connectivity index is 1.84. The predicted octanol–water partition coefficient (Wildman–Crippen LogP) is 3.22. The maximum absolute atomic E-state index is 12.0. The summed E-state index contributed by atoms with van der Waals surface area (Å²) in [6.07, 6.45) is 3.25. The van der Waals surface area contributed by atoms with Gasteiger partial charge >= 0.3 is 6.09 Å². The van der Waals surface area contributed by atoms with Crippen LogP contribution in [0.4, 0.5) is 4.79 Å². The van der Waals surface area contributed by atoms with E-state index in [1.54, 1.807) is 37.4 Å². The standard InChI is InChI=1S/C22H26N2O5/c1-4-24(2)22(27)29-18-7-5-6-16(14-18)12-13-23-21(26)11-9-17-8-10-19(25)20(15-17)28-3/h5-11,14-15,25H,4,12-13H2,1-3H3,(H,23,26)/b11-9+. The number of carbonyl (C=O) groups excluding carboxylic acids is 2. The van der Waals surface area contributed by atoms with Crippen LogP contribution < -0.4 is 14.8 Å². The molecule has 7 heteroatoms. The Morgan fingerprint density at radius 1 is 1.21 bits per heavy atom. The van der Waals surface area contributed by atoms with Gasteiger partial charge < -0.3 is 24.8 Å². The van der Waals surface area contributed by atoms with Gasteiger partial charge in [0.1, 0.15) is 5.75 Å². The summed E-state index contributed by atoms with van der Waals surface area (Å²) >= 11 is 0. The van der Waals surface area contributed by atoms with E-state index in [0.29, 0.717) is 31.0 Å². The van der Waals surface area contributed by atoms with Crippen LogP contribution in [0.25, 0.3) is 6.08 Å². The minimum absolute atomic E-state index is 0.0448. The fourth-order valence-corrected chi connectivity index (χ4v) is 2.43. The Bertz CT molecular complexity index is 879. The van der Waals surface area contributed by atoms with Crippen LogP contribution in [0.1, 0.15) is 18.1 Å². The minimum atomic E-state index is -0.408. The van der Waals surface area contributed by atoms with E-state index in [9.17, 15) is 14.7 Å². The number of rotatable bonds is 8. The maximum atomic E-state index is 12.0. The smallest absolute Gasteiger partial charge is 0.414 e. The molecule has 0 saturated carbocycles. The van der Waals surface area contributed by atoms with Gasteiger partial charge in [0.05, 0.1) is 7.11 Å². The van der Waals surface area contributed by atoms with Gasteiger partial charge in [-0.05, 0) is 54.8 Å². The van der Waals surface area contributed by atoms with Crippen molar-refractivity contribution >= 4 is 18.1 Å². The Morgan fingerprint density at radius 2 is 2.00 bits per heavy atom. The number of nitrogens with zero attached hydrogens (tertiary/aromatic N) is 1. The largest absolute Gasteiger partial charge is 0.504 e. The molecule has 0 aliphatic rings. The average Bonchev–Trinajstić information content (AvgIpc) is 2.72. The van der Waals surface area contributed by atoms with Gasteiger partial charge in [-0.25, -0.2) is 4.79 Å². The highest BCUT2D eigenvalue weighted by Crippen LogP contribution is 2.26. The number of aromatic hydroxyl groups is 1. The van der Waals surface area contributed by atoms with Gasteiger partial charge in [-0.1, -0.05) is 18.2 Å². The molecule has 0 radical (unpaired) electrons. The average molecular weight is 398 g/mol. The Kier molecular flexibility index (Phi) is 8.09. The van der Waals surface area contributed by atoms with Crippen LogP contribution in [0.2, 0.25) is 0 Å². The van der Waals surface area contributed by atoms with E-state index in [2.05, 4.69) is 5.32 Å². The second-order valence-corrected chi connectivity index (χ2v) is 6.34. The highest BCUT2D eigenvalue weighted by atomic mass is 16.6. The number of amides is 2. The molecule has 29 heavy (non-hydrogen) atoms. The molecular formula is C22H26N2O5. The predicted molar refractivity (Wildman–Crippen MR) is 111 cm³/mol. The van der Waals surface area contributed by atoms with Crippen molar-refractivity contribution in [1.82, 2.24) is 10.2 Å². The van der Waals surface area contributed by atoms with Gasteiger partial charge in [-0.15, -0.1) is 0 Å². The fourth-order valence-electron chi connectivity index (χ4n) is 2.43. The third-order valence-corrected chi connectivity index (χ3v) is 4.23. The van der Waals surface area contributed by atoms with Gasteiger partial charge in [0.2, 0.25) is 5.91 Å². The molecule has 0 fully saturated rings. The Morgan fingerprint density at radius 3 is 2.72 bits per heavy atom. The number of ether oxygens (including phenoxy) is 2. The van der Waals surface area contributed by atoms with Crippen LogP contribution in [0.5, 0.6) is 17.2 Å². The van der Waals surface area contributed by atoms with Crippen molar-refractivity contribution < 1.29 is 24.2 Å². The van der Waals surface area contributed by atoms with Gasteiger partial charge in [-0.3, -0.25) is 4.79 Å². The molecule has 0 aliphatic carbocycles. The lowest BCUT2D eigenvalue weighted by Crippen LogP contribution is -2.29. The third-order valence-electron chi connectivity index (χ3n) is 4.23. The number of hydrogen-bond acceptors (Lipinski definition) is 5. The zero-order valence-electron chi connectivity index (χ0n) is 16.8. The van der Waals surface area contributed by atoms with Crippen LogP contribution in [0, 0.1) is 0 Å². The quantitative estimate of drug-likeness (QED) is 0.667. The van der Waals surface area contributed by atoms with E-state index in [-0.39, 0.29) is 11.7 Å². The van der Waals surface area contributed by atoms with Gasteiger partial charge in [0.25, 0.3) is 0 Å².